The van der Waals surface area contributed by atoms with Gasteiger partial charge < -0.3 is 20.7 Å². The molecule has 0 radical (unpaired) electrons. The fraction of sp³-hybridized carbons (Fsp3) is 0.696. The average molecular weight is 466 g/mol. The molecular weight excluding hydrogens is 432 g/mol. The van der Waals surface area contributed by atoms with E-state index >= 15 is 0 Å². The van der Waals surface area contributed by atoms with Gasteiger partial charge in [0, 0.05) is 43.5 Å². The van der Waals surface area contributed by atoms with Crippen molar-refractivity contribution in [3.05, 3.63) is 24.0 Å². The van der Waals surface area contributed by atoms with Crippen LogP contribution in [0.15, 0.2) is 18.5 Å². The Morgan fingerprint density at radius 1 is 1.21 bits per heavy atom. The molecular formula is C23H33F2N5O3. The molecule has 2 aliphatic carbocycles. The zero-order valence-electron chi connectivity index (χ0n) is 19.3. The molecule has 2 heterocycles. The summed E-state index contributed by atoms with van der Waals surface area (Å²) in [5, 5.41) is 6.99. The maximum absolute atomic E-state index is 13.5. The van der Waals surface area contributed by atoms with E-state index in [-0.39, 0.29) is 66.5 Å². The first kappa shape index (κ1) is 23.7. The van der Waals surface area contributed by atoms with Gasteiger partial charge >= 0.3 is 0 Å². The Labute approximate surface area is 192 Å². The summed E-state index contributed by atoms with van der Waals surface area (Å²) in [5.74, 6) is -3.22. The van der Waals surface area contributed by atoms with Gasteiger partial charge in [-0.2, -0.15) is 5.10 Å². The number of rotatable bonds is 5. The third kappa shape index (κ3) is 4.90. The molecule has 0 aromatic carbocycles. The minimum absolute atomic E-state index is 0.0689. The van der Waals surface area contributed by atoms with Crippen LogP contribution in [0.25, 0.3) is 0 Å². The topological polar surface area (TPSA) is 102 Å². The van der Waals surface area contributed by atoms with Crippen LogP contribution in [0, 0.1) is 11.8 Å². The number of ether oxygens (including phenoxy) is 1. The number of nitrogens with one attached hydrogen (secondary N) is 1. The second-order valence-corrected chi connectivity index (χ2v) is 10.1. The number of carbonyl (C=O) groups excluding carboxylic acids is 2. The van der Waals surface area contributed by atoms with Crippen molar-refractivity contribution < 1.29 is 23.1 Å². The quantitative estimate of drug-likeness (QED) is 0.696. The van der Waals surface area contributed by atoms with Crippen LogP contribution >= 0.6 is 0 Å². The standard InChI is InChI=1S/C23H33F2N5O3/c1-14(16-4-5-17(16)21(32)29-10-11-33-22(2,3)13-29)28-20(31)18-12-27-30(19(18)26)15-6-8-23(24,25)9-7-15/h12,15-17H,1,4-11,13,26H2,2-3H3,(H,28,31)/t16-,17+/m1/s1. The highest BCUT2D eigenvalue weighted by Gasteiger charge is 2.43. The predicted molar refractivity (Wildman–Crippen MR) is 119 cm³/mol. The van der Waals surface area contributed by atoms with E-state index in [1.165, 1.54) is 10.9 Å². The minimum Gasteiger partial charge on any atom is -0.383 e. The SMILES string of the molecule is C=C(NC(=O)c1cnn(C2CCC(F)(F)CC2)c1N)[C@H]1CC[C@@H]1C(=O)N1CCOC(C)(C)C1. The number of alkyl halides is 2. The number of aromatic nitrogens is 2. The number of halogens is 2. The monoisotopic (exact) mass is 465 g/mol. The summed E-state index contributed by atoms with van der Waals surface area (Å²) in [6.45, 7) is 9.55. The van der Waals surface area contributed by atoms with Crippen molar-refractivity contribution in [3.8, 4) is 0 Å². The van der Waals surface area contributed by atoms with Gasteiger partial charge in [-0.25, -0.2) is 13.5 Å². The molecule has 8 nitrogen and oxygen atoms in total. The first-order chi connectivity index (χ1) is 15.5. The van der Waals surface area contributed by atoms with Crippen LogP contribution in [-0.2, 0) is 9.53 Å². The molecule has 1 saturated heterocycles. The molecule has 182 valence electrons. The number of anilines is 1. The highest BCUT2D eigenvalue weighted by Crippen LogP contribution is 2.41. The van der Waals surface area contributed by atoms with Crippen LogP contribution in [0.4, 0.5) is 14.6 Å². The average Bonchev–Trinajstić information content (AvgIpc) is 3.07. The van der Waals surface area contributed by atoms with Crippen LogP contribution in [0.1, 0.15) is 68.8 Å². The largest absolute Gasteiger partial charge is 0.383 e. The zero-order valence-corrected chi connectivity index (χ0v) is 19.3. The summed E-state index contributed by atoms with van der Waals surface area (Å²) in [6, 6.07) is -0.249. The van der Waals surface area contributed by atoms with E-state index in [1.807, 2.05) is 18.7 Å². The highest BCUT2D eigenvalue weighted by molar-refractivity contribution is 5.99. The number of morpholine rings is 1. The molecule has 2 atom stereocenters. The molecule has 10 heteroatoms. The molecule has 0 bridgehead atoms. The summed E-state index contributed by atoms with van der Waals surface area (Å²) >= 11 is 0. The zero-order chi connectivity index (χ0) is 24.0. The summed E-state index contributed by atoms with van der Waals surface area (Å²) < 4.78 is 34.1. The molecule has 0 spiro atoms. The number of amides is 2. The Kier molecular flexibility index (Phi) is 6.24. The Morgan fingerprint density at radius 2 is 1.88 bits per heavy atom. The lowest BCUT2D eigenvalue weighted by Gasteiger charge is -2.44. The van der Waals surface area contributed by atoms with Crippen molar-refractivity contribution in [3.63, 3.8) is 0 Å². The van der Waals surface area contributed by atoms with Crippen LogP contribution in [-0.4, -0.2) is 57.7 Å². The number of hydrogen-bond donors (Lipinski definition) is 2. The third-order valence-electron chi connectivity index (χ3n) is 7.16. The molecule has 3 fully saturated rings. The van der Waals surface area contributed by atoms with E-state index < -0.39 is 11.8 Å². The van der Waals surface area contributed by atoms with Crippen LogP contribution in [0.2, 0.25) is 0 Å². The second-order valence-electron chi connectivity index (χ2n) is 10.1. The van der Waals surface area contributed by atoms with E-state index in [2.05, 4.69) is 17.0 Å². The van der Waals surface area contributed by atoms with Crippen molar-refractivity contribution in [2.24, 2.45) is 11.8 Å². The molecule has 3 aliphatic rings. The van der Waals surface area contributed by atoms with Crippen molar-refractivity contribution in [1.29, 1.82) is 0 Å². The maximum Gasteiger partial charge on any atom is 0.260 e. The van der Waals surface area contributed by atoms with Gasteiger partial charge in [0.15, 0.2) is 0 Å². The predicted octanol–water partition coefficient (Wildman–Crippen LogP) is 3.12. The van der Waals surface area contributed by atoms with Gasteiger partial charge in [-0.3, -0.25) is 9.59 Å². The molecule has 4 rings (SSSR count). The van der Waals surface area contributed by atoms with E-state index in [0.717, 1.165) is 12.8 Å². The normalized spacial score (nSPS) is 27.0. The van der Waals surface area contributed by atoms with Gasteiger partial charge in [-0.1, -0.05) is 6.58 Å². The van der Waals surface area contributed by atoms with E-state index in [0.29, 0.717) is 25.4 Å². The van der Waals surface area contributed by atoms with Gasteiger partial charge in [0.05, 0.1) is 24.4 Å². The molecule has 3 N–H and O–H groups in total. The van der Waals surface area contributed by atoms with Crippen LogP contribution in [0.5, 0.6) is 0 Å². The number of allylic oxidation sites excluding steroid dienone is 1. The molecule has 1 aliphatic heterocycles. The van der Waals surface area contributed by atoms with Crippen molar-refractivity contribution in [2.75, 3.05) is 25.4 Å². The van der Waals surface area contributed by atoms with Gasteiger partial charge in [0.2, 0.25) is 11.8 Å². The molecule has 1 aromatic rings. The summed E-state index contributed by atoms with van der Waals surface area (Å²) in [6.07, 6.45) is 2.98. The van der Waals surface area contributed by atoms with Gasteiger partial charge in [0.1, 0.15) is 11.4 Å². The minimum atomic E-state index is -2.65. The Hall–Kier alpha value is -2.49. The fourth-order valence-electron chi connectivity index (χ4n) is 5.06. The van der Waals surface area contributed by atoms with Gasteiger partial charge in [0.25, 0.3) is 5.91 Å². The molecule has 2 amide bonds. The van der Waals surface area contributed by atoms with Crippen molar-refractivity contribution >= 4 is 17.6 Å². The van der Waals surface area contributed by atoms with E-state index in [9.17, 15) is 18.4 Å². The lowest BCUT2D eigenvalue weighted by Crippen LogP contribution is -2.54. The van der Waals surface area contributed by atoms with Crippen LogP contribution < -0.4 is 11.1 Å². The lowest BCUT2D eigenvalue weighted by atomic mass is 9.71. The Balaban J connectivity index is 1.36. The number of carbonyl (C=O) groups is 2. The highest BCUT2D eigenvalue weighted by atomic mass is 19.3. The fourth-order valence-corrected chi connectivity index (χ4v) is 5.06. The number of nitrogens with zero attached hydrogens (tertiary/aromatic N) is 3. The molecule has 0 unspecified atom stereocenters. The van der Waals surface area contributed by atoms with Crippen molar-refractivity contribution in [1.82, 2.24) is 20.0 Å². The third-order valence-corrected chi connectivity index (χ3v) is 7.16. The Morgan fingerprint density at radius 3 is 2.48 bits per heavy atom. The molecule has 2 saturated carbocycles. The van der Waals surface area contributed by atoms with Crippen molar-refractivity contribution in [2.45, 2.75) is 69.9 Å². The summed E-state index contributed by atoms with van der Waals surface area (Å²) in [5.41, 5.74) is 6.45. The first-order valence-electron chi connectivity index (χ1n) is 11.6. The van der Waals surface area contributed by atoms with Gasteiger partial charge in [-0.15, -0.1) is 0 Å². The van der Waals surface area contributed by atoms with Crippen LogP contribution in [0.3, 0.4) is 0 Å². The van der Waals surface area contributed by atoms with E-state index in [1.54, 1.807) is 0 Å². The Bertz CT molecular complexity index is 935. The molecule has 1 aromatic heterocycles. The summed E-state index contributed by atoms with van der Waals surface area (Å²) in [4.78, 5) is 27.7. The first-order valence-corrected chi connectivity index (χ1v) is 11.6. The number of nitrogen functional groups attached to an aromatic ring is 1. The van der Waals surface area contributed by atoms with Gasteiger partial charge in [-0.05, 0) is 39.5 Å². The second kappa shape index (κ2) is 8.70. The smallest absolute Gasteiger partial charge is 0.260 e. The van der Waals surface area contributed by atoms with E-state index in [4.69, 9.17) is 10.5 Å². The summed E-state index contributed by atoms with van der Waals surface area (Å²) in [7, 11) is 0. The lowest BCUT2D eigenvalue weighted by molar-refractivity contribution is -0.154. The molecule has 33 heavy (non-hydrogen) atoms. The maximum atomic E-state index is 13.5. The number of hydrogen-bond acceptors (Lipinski definition) is 5. The number of nitrogens with two attached hydrogens (primary N) is 1.